The van der Waals surface area contributed by atoms with Gasteiger partial charge >= 0.3 is 0 Å². The maximum absolute atomic E-state index is 4.75. The lowest BCUT2D eigenvalue weighted by Crippen LogP contribution is -1.98. The van der Waals surface area contributed by atoms with Crippen LogP contribution in [0.1, 0.15) is 5.56 Å². The average Bonchev–Trinajstić information content (AvgIpc) is 3.25. The van der Waals surface area contributed by atoms with Crippen molar-refractivity contribution in [2.75, 3.05) is 0 Å². The van der Waals surface area contributed by atoms with Gasteiger partial charge in [-0.25, -0.2) is 9.67 Å². The zero-order valence-corrected chi connectivity index (χ0v) is 13.5. The molecule has 0 bridgehead atoms. The van der Waals surface area contributed by atoms with Gasteiger partial charge in [0.15, 0.2) is 0 Å². The van der Waals surface area contributed by atoms with Crippen molar-refractivity contribution in [3.05, 3.63) is 77.8 Å². The molecule has 4 rings (SSSR count). The van der Waals surface area contributed by atoms with Crippen molar-refractivity contribution in [1.82, 2.24) is 14.8 Å². The summed E-state index contributed by atoms with van der Waals surface area (Å²) in [6.07, 6.45) is 1.82. The molecule has 0 N–H and O–H groups in total. The molecule has 2 aromatic heterocycles. The third kappa shape index (κ3) is 2.69. The van der Waals surface area contributed by atoms with Crippen LogP contribution in [0.15, 0.2) is 72.2 Å². The number of aromatic nitrogens is 3. The van der Waals surface area contributed by atoms with Crippen LogP contribution in [0.5, 0.6) is 0 Å². The second-order valence-electron chi connectivity index (χ2n) is 5.38. The van der Waals surface area contributed by atoms with Crippen molar-refractivity contribution in [3.8, 4) is 27.6 Å². The first-order chi connectivity index (χ1) is 11.3. The molecule has 0 radical (unpaired) electrons. The molecule has 23 heavy (non-hydrogen) atoms. The van der Waals surface area contributed by atoms with E-state index in [0.717, 1.165) is 27.6 Å². The predicted octanol–water partition coefficient (Wildman–Crippen LogP) is 4.97. The zero-order valence-electron chi connectivity index (χ0n) is 12.7. The fraction of sp³-hybridized carbons (Fsp3) is 0.0526. The van der Waals surface area contributed by atoms with E-state index in [1.165, 1.54) is 5.56 Å². The molecule has 4 heteroatoms. The topological polar surface area (TPSA) is 30.7 Å². The molecule has 0 saturated heterocycles. The van der Waals surface area contributed by atoms with E-state index < -0.39 is 0 Å². The highest BCUT2D eigenvalue weighted by atomic mass is 32.1. The molecule has 0 spiro atoms. The van der Waals surface area contributed by atoms with Gasteiger partial charge in [0.05, 0.1) is 17.6 Å². The predicted molar refractivity (Wildman–Crippen MR) is 94.8 cm³/mol. The summed E-state index contributed by atoms with van der Waals surface area (Å²) in [6.45, 7) is 2.09. The Labute approximate surface area is 138 Å². The molecule has 3 nitrogen and oxygen atoms in total. The van der Waals surface area contributed by atoms with Gasteiger partial charge in [-0.1, -0.05) is 60.2 Å². The van der Waals surface area contributed by atoms with Crippen LogP contribution in [0.25, 0.3) is 27.6 Å². The van der Waals surface area contributed by atoms with E-state index in [1.807, 2.05) is 35.1 Å². The molecule has 0 aliphatic heterocycles. The summed E-state index contributed by atoms with van der Waals surface area (Å²) in [6, 6.07) is 20.7. The number of hydrogen-bond acceptors (Lipinski definition) is 3. The van der Waals surface area contributed by atoms with Gasteiger partial charge in [-0.15, -0.1) is 11.3 Å². The Balaban J connectivity index is 1.74. The quantitative estimate of drug-likeness (QED) is 0.534. The molecule has 4 aromatic rings. The number of hydrogen-bond donors (Lipinski definition) is 0. The third-order valence-electron chi connectivity index (χ3n) is 3.73. The summed E-state index contributed by atoms with van der Waals surface area (Å²) in [5.74, 6) is 0. The molecule has 0 aliphatic rings. The smallest absolute Gasteiger partial charge is 0.211 e. The standard InChI is InChI=1S/C19H15N3S/c1-14-7-9-16(10-8-14)18-11-12-20-22(18)19-21-17(13-23-19)15-5-3-2-4-6-15/h2-13H,1H3. The first kappa shape index (κ1) is 13.9. The van der Waals surface area contributed by atoms with E-state index in [9.17, 15) is 0 Å². The Hall–Kier alpha value is -2.72. The Morgan fingerprint density at radius 2 is 1.65 bits per heavy atom. The molecule has 112 valence electrons. The van der Waals surface area contributed by atoms with E-state index in [0.29, 0.717) is 0 Å². The van der Waals surface area contributed by atoms with Gasteiger partial charge in [0.25, 0.3) is 0 Å². The molecule has 0 aliphatic carbocycles. The minimum atomic E-state index is 0.879. The second kappa shape index (κ2) is 5.82. The first-order valence-corrected chi connectivity index (χ1v) is 8.31. The SMILES string of the molecule is Cc1ccc(-c2ccnn2-c2nc(-c3ccccc3)cs2)cc1. The molecule has 2 heterocycles. The van der Waals surface area contributed by atoms with E-state index in [2.05, 4.69) is 53.8 Å². The molecule has 0 atom stereocenters. The van der Waals surface area contributed by atoms with E-state index >= 15 is 0 Å². The van der Waals surface area contributed by atoms with Gasteiger partial charge in [0.1, 0.15) is 0 Å². The average molecular weight is 317 g/mol. The highest BCUT2D eigenvalue weighted by molar-refractivity contribution is 7.12. The van der Waals surface area contributed by atoms with Crippen LogP contribution in [0.4, 0.5) is 0 Å². The molecule has 0 amide bonds. The van der Waals surface area contributed by atoms with Crippen molar-refractivity contribution >= 4 is 11.3 Å². The van der Waals surface area contributed by atoms with Crippen LogP contribution in [-0.4, -0.2) is 14.8 Å². The Morgan fingerprint density at radius 1 is 0.870 bits per heavy atom. The van der Waals surface area contributed by atoms with Crippen molar-refractivity contribution in [3.63, 3.8) is 0 Å². The Kier molecular flexibility index (Phi) is 3.52. The molecule has 0 unspecified atom stereocenters. The van der Waals surface area contributed by atoms with Crippen molar-refractivity contribution in [2.45, 2.75) is 6.92 Å². The minimum Gasteiger partial charge on any atom is -0.218 e. The summed E-state index contributed by atoms with van der Waals surface area (Å²) in [4.78, 5) is 4.75. The number of benzene rings is 2. The van der Waals surface area contributed by atoms with E-state index in [1.54, 1.807) is 11.3 Å². The number of rotatable bonds is 3. The summed E-state index contributed by atoms with van der Waals surface area (Å²) < 4.78 is 1.90. The van der Waals surface area contributed by atoms with Crippen molar-refractivity contribution in [2.24, 2.45) is 0 Å². The minimum absolute atomic E-state index is 0.879. The fourth-order valence-corrected chi connectivity index (χ4v) is 3.30. The number of nitrogens with zero attached hydrogens (tertiary/aromatic N) is 3. The highest BCUT2D eigenvalue weighted by Crippen LogP contribution is 2.27. The highest BCUT2D eigenvalue weighted by Gasteiger charge is 2.11. The van der Waals surface area contributed by atoms with Gasteiger partial charge in [-0.2, -0.15) is 5.10 Å². The molecular weight excluding hydrogens is 302 g/mol. The van der Waals surface area contributed by atoms with Gasteiger partial charge in [0.2, 0.25) is 5.13 Å². The summed E-state index contributed by atoms with van der Waals surface area (Å²) in [5, 5.41) is 7.41. The lowest BCUT2D eigenvalue weighted by Gasteiger charge is -2.04. The fourth-order valence-electron chi connectivity index (χ4n) is 2.50. The van der Waals surface area contributed by atoms with Gasteiger partial charge < -0.3 is 0 Å². The van der Waals surface area contributed by atoms with Gasteiger partial charge in [-0.3, -0.25) is 0 Å². The lowest BCUT2D eigenvalue weighted by atomic mass is 10.1. The van der Waals surface area contributed by atoms with Gasteiger partial charge in [-0.05, 0) is 13.0 Å². The van der Waals surface area contributed by atoms with Crippen molar-refractivity contribution < 1.29 is 0 Å². The van der Waals surface area contributed by atoms with Crippen molar-refractivity contribution in [1.29, 1.82) is 0 Å². The summed E-state index contributed by atoms with van der Waals surface area (Å²) in [7, 11) is 0. The summed E-state index contributed by atoms with van der Waals surface area (Å²) in [5.41, 5.74) is 5.55. The maximum Gasteiger partial charge on any atom is 0.211 e. The van der Waals surface area contributed by atoms with Crippen LogP contribution in [0, 0.1) is 6.92 Å². The number of aryl methyl sites for hydroxylation is 1. The number of thiazole rings is 1. The van der Waals surface area contributed by atoms with E-state index in [-0.39, 0.29) is 0 Å². The first-order valence-electron chi connectivity index (χ1n) is 7.44. The monoisotopic (exact) mass is 317 g/mol. The zero-order chi connectivity index (χ0) is 15.6. The molecule has 2 aromatic carbocycles. The van der Waals surface area contributed by atoms with Crippen LogP contribution >= 0.6 is 11.3 Å². The normalized spacial score (nSPS) is 10.8. The molecule has 0 saturated carbocycles. The maximum atomic E-state index is 4.75. The van der Waals surface area contributed by atoms with Crippen LogP contribution in [-0.2, 0) is 0 Å². The second-order valence-corrected chi connectivity index (χ2v) is 6.21. The Morgan fingerprint density at radius 3 is 2.43 bits per heavy atom. The lowest BCUT2D eigenvalue weighted by molar-refractivity contribution is 0.878. The van der Waals surface area contributed by atoms with Crippen LogP contribution < -0.4 is 0 Å². The Bertz CT molecular complexity index is 921. The van der Waals surface area contributed by atoms with Crippen LogP contribution in [0.2, 0.25) is 0 Å². The molecular formula is C19H15N3S. The third-order valence-corrected chi connectivity index (χ3v) is 4.55. The molecule has 0 fully saturated rings. The largest absolute Gasteiger partial charge is 0.218 e. The van der Waals surface area contributed by atoms with Gasteiger partial charge in [0, 0.05) is 16.5 Å². The van der Waals surface area contributed by atoms with E-state index in [4.69, 9.17) is 4.98 Å². The van der Waals surface area contributed by atoms with Crippen LogP contribution in [0.3, 0.4) is 0 Å². The summed E-state index contributed by atoms with van der Waals surface area (Å²) >= 11 is 1.60.